The first-order valence-electron chi connectivity index (χ1n) is 6.33. The number of benzene rings is 1. The van der Waals surface area contributed by atoms with Crippen molar-refractivity contribution in [3.8, 4) is 5.75 Å². The van der Waals surface area contributed by atoms with Crippen molar-refractivity contribution in [3.05, 3.63) is 46.8 Å². The Balaban J connectivity index is 2.21. The van der Waals surface area contributed by atoms with Gasteiger partial charge in [-0.05, 0) is 19.9 Å². The van der Waals surface area contributed by atoms with Gasteiger partial charge in [0.05, 0.1) is 18.4 Å². The van der Waals surface area contributed by atoms with Gasteiger partial charge < -0.3 is 9.47 Å². The van der Waals surface area contributed by atoms with E-state index in [0.29, 0.717) is 12.2 Å². The first-order valence-corrected chi connectivity index (χ1v) is 6.33. The number of ether oxygens (including phenoxy) is 2. The normalized spacial score (nSPS) is 10.4. The van der Waals surface area contributed by atoms with Gasteiger partial charge in [-0.3, -0.25) is 4.68 Å². The molecule has 0 aliphatic heterocycles. The molecule has 0 amide bonds. The van der Waals surface area contributed by atoms with E-state index in [2.05, 4.69) is 5.10 Å². The van der Waals surface area contributed by atoms with E-state index >= 15 is 0 Å². The Morgan fingerprint density at radius 3 is 2.60 bits per heavy atom. The molecule has 0 spiro atoms. The largest absolute Gasteiger partial charge is 0.485 e. The number of esters is 1. The number of aromatic nitrogens is 2. The van der Waals surface area contributed by atoms with Gasteiger partial charge in [0.25, 0.3) is 0 Å². The number of hydrogen-bond acceptors (Lipinski definition) is 4. The minimum absolute atomic E-state index is 0.304. The van der Waals surface area contributed by atoms with Crippen molar-refractivity contribution in [1.82, 2.24) is 9.78 Å². The second-order valence-electron chi connectivity index (χ2n) is 4.56. The van der Waals surface area contributed by atoms with Crippen LogP contribution in [0.1, 0.15) is 27.3 Å². The van der Waals surface area contributed by atoms with E-state index in [1.165, 1.54) is 7.11 Å². The highest BCUT2D eigenvalue weighted by molar-refractivity contribution is 5.90. The number of rotatable bonds is 4. The predicted molar refractivity (Wildman–Crippen MR) is 74.8 cm³/mol. The van der Waals surface area contributed by atoms with Crippen molar-refractivity contribution in [2.75, 3.05) is 7.11 Å². The fraction of sp³-hybridized carbons (Fsp3) is 0.333. The molecule has 2 aromatic rings. The van der Waals surface area contributed by atoms with Crippen LogP contribution in [0, 0.1) is 13.8 Å². The SMILES string of the molecule is COC(=O)c1ccccc1COc1c(C)nn(C)c1C. The van der Waals surface area contributed by atoms with E-state index < -0.39 is 0 Å². The van der Waals surface area contributed by atoms with Crippen LogP contribution in [-0.4, -0.2) is 22.9 Å². The van der Waals surface area contributed by atoms with Gasteiger partial charge in [-0.15, -0.1) is 0 Å². The number of aryl methyl sites for hydroxylation is 2. The summed E-state index contributed by atoms with van der Waals surface area (Å²) in [6.07, 6.45) is 0. The molecule has 5 nitrogen and oxygen atoms in total. The van der Waals surface area contributed by atoms with Crippen molar-refractivity contribution >= 4 is 5.97 Å². The minimum Gasteiger partial charge on any atom is -0.485 e. The smallest absolute Gasteiger partial charge is 0.338 e. The van der Waals surface area contributed by atoms with Crippen molar-refractivity contribution in [3.63, 3.8) is 0 Å². The highest BCUT2D eigenvalue weighted by Gasteiger charge is 2.14. The van der Waals surface area contributed by atoms with Gasteiger partial charge in [0.15, 0.2) is 5.75 Å². The molecule has 0 atom stereocenters. The van der Waals surface area contributed by atoms with Gasteiger partial charge in [0.1, 0.15) is 12.3 Å². The number of carbonyl (C=O) groups excluding carboxylic acids is 1. The highest BCUT2D eigenvalue weighted by Crippen LogP contribution is 2.23. The molecule has 0 N–H and O–H groups in total. The summed E-state index contributed by atoms with van der Waals surface area (Å²) in [5.41, 5.74) is 3.11. The molecule has 2 rings (SSSR count). The maximum absolute atomic E-state index is 11.7. The lowest BCUT2D eigenvalue weighted by Crippen LogP contribution is -2.08. The van der Waals surface area contributed by atoms with E-state index in [1.54, 1.807) is 16.8 Å². The maximum atomic E-state index is 11.7. The molecule has 0 aliphatic carbocycles. The molecule has 1 aromatic heterocycles. The summed E-state index contributed by atoms with van der Waals surface area (Å²) in [5.74, 6) is 0.399. The molecule has 20 heavy (non-hydrogen) atoms. The van der Waals surface area contributed by atoms with Crippen LogP contribution in [0.15, 0.2) is 24.3 Å². The number of hydrogen-bond donors (Lipinski definition) is 0. The summed E-state index contributed by atoms with van der Waals surface area (Å²) in [7, 11) is 3.24. The van der Waals surface area contributed by atoms with Crippen molar-refractivity contribution in [2.24, 2.45) is 7.05 Å². The van der Waals surface area contributed by atoms with Gasteiger partial charge in [-0.2, -0.15) is 5.10 Å². The summed E-state index contributed by atoms with van der Waals surface area (Å²) in [4.78, 5) is 11.7. The second-order valence-corrected chi connectivity index (χ2v) is 4.56. The summed E-state index contributed by atoms with van der Waals surface area (Å²) in [6.45, 7) is 4.15. The van der Waals surface area contributed by atoms with Gasteiger partial charge in [-0.25, -0.2) is 4.79 Å². The summed E-state index contributed by atoms with van der Waals surface area (Å²) < 4.78 is 12.4. The Morgan fingerprint density at radius 2 is 2.00 bits per heavy atom. The first-order chi connectivity index (χ1) is 9.54. The van der Waals surface area contributed by atoms with Crippen LogP contribution in [0.4, 0.5) is 0 Å². The third-order valence-electron chi connectivity index (χ3n) is 3.24. The second kappa shape index (κ2) is 5.77. The quantitative estimate of drug-likeness (QED) is 0.803. The third kappa shape index (κ3) is 2.66. The van der Waals surface area contributed by atoms with Gasteiger partial charge in [0.2, 0.25) is 0 Å². The van der Waals surface area contributed by atoms with Crippen LogP contribution in [0.2, 0.25) is 0 Å². The Morgan fingerprint density at radius 1 is 1.30 bits per heavy atom. The zero-order valence-electron chi connectivity index (χ0n) is 12.1. The summed E-state index contributed by atoms with van der Waals surface area (Å²) in [6, 6.07) is 7.26. The Bertz CT molecular complexity index is 632. The number of carbonyl (C=O) groups is 1. The fourth-order valence-corrected chi connectivity index (χ4v) is 2.07. The third-order valence-corrected chi connectivity index (χ3v) is 3.24. The van der Waals surface area contributed by atoms with E-state index in [9.17, 15) is 4.79 Å². The zero-order valence-corrected chi connectivity index (χ0v) is 12.1. The predicted octanol–water partition coefficient (Wildman–Crippen LogP) is 2.40. The lowest BCUT2D eigenvalue weighted by molar-refractivity contribution is 0.0597. The monoisotopic (exact) mass is 274 g/mol. The molecule has 0 fully saturated rings. The molecular formula is C15H18N2O3. The molecule has 5 heteroatoms. The molecule has 106 valence electrons. The zero-order chi connectivity index (χ0) is 14.7. The van der Waals surface area contributed by atoms with Crippen LogP contribution in [-0.2, 0) is 18.4 Å². The first kappa shape index (κ1) is 14.1. The lowest BCUT2D eigenvalue weighted by atomic mass is 10.1. The average molecular weight is 274 g/mol. The summed E-state index contributed by atoms with van der Waals surface area (Å²) >= 11 is 0. The van der Waals surface area contributed by atoms with Gasteiger partial charge in [0, 0.05) is 12.6 Å². The van der Waals surface area contributed by atoms with Crippen LogP contribution in [0.3, 0.4) is 0 Å². The van der Waals surface area contributed by atoms with Crippen molar-refractivity contribution < 1.29 is 14.3 Å². The maximum Gasteiger partial charge on any atom is 0.338 e. The van der Waals surface area contributed by atoms with Crippen LogP contribution in [0.25, 0.3) is 0 Å². The average Bonchev–Trinajstić information content (AvgIpc) is 2.70. The van der Waals surface area contributed by atoms with Gasteiger partial charge in [-0.1, -0.05) is 18.2 Å². The Hall–Kier alpha value is -2.30. The topological polar surface area (TPSA) is 53.4 Å². The van der Waals surface area contributed by atoms with Crippen LogP contribution in [0.5, 0.6) is 5.75 Å². The van der Waals surface area contributed by atoms with Gasteiger partial charge >= 0.3 is 5.97 Å². The van der Waals surface area contributed by atoms with Crippen molar-refractivity contribution in [2.45, 2.75) is 20.5 Å². The molecule has 0 bridgehead atoms. The highest BCUT2D eigenvalue weighted by atomic mass is 16.5. The molecule has 0 radical (unpaired) electrons. The molecular weight excluding hydrogens is 256 g/mol. The number of methoxy groups -OCH3 is 1. The molecule has 0 saturated carbocycles. The number of nitrogens with zero attached hydrogens (tertiary/aromatic N) is 2. The Kier molecular flexibility index (Phi) is 4.08. The van der Waals surface area contributed by atoms with Crippen LogP contribution < -0.4 is 4.74 Å². The van der Waals surface area contributed by atoms with E-state index in [0.717, 1.165) is 22.7 Å². The molecule has 0 saturated heterocycles. The molecule has 0 aliphatic rings. The molecule has 0 unspecified atom stereocenters. The molecule has 1 heterocycles. The van der Waals surface area contributed by atoms with E-state index in [1.807, 2.05) is 33.0 Å². The fourth-order valence-electron chi connectivity index (χ4n) is 2.07. The van der Waals surface area contributed by atoms with E-state index in [4.69, 9.17) is 9.47 Å². The van der Waals surface area contributed by atoms with E-state index in [-0.39, 0.29) is 5.97 Å². The molecule has 1 aromatic carbocycles. The minimum atomic E-state index is -0.358. The van der Waals surface area contributed by atoms with Crippen LogP contribution >= 0.6 is 0 Å². The standard InChI is InChI=1S/C15H18N2O3/c1-10-14(11(2)17(3)16-10)20-9-12-7-5-6-8-13(12)15(18)19-4/h5-8H,9H2,1-4H3. The lowest BCUT2D eigenvalue weighted by Gasteiger charge is -2.10. The summed E-state index contributed by atoms with van der Waals surface area (Å²) in [5, 5.41) is 4.30. The Labute approximate surface area is 118 Å². The van der Waals surface area contributed by atoms with Crippen molar-refractivity contribution in [1.29, 1.82) is 0 Å².